The van der Waals surface area contributed by atoms with Gasteiger partial charge >= 0.3 is 0 Å². The minimum absolute atomic E-state index is 0.0258. The molecule has 1 aliphatic heterocycles. The van der Waals surface area contributed by atoms with Crippen LogP contribution in [-0.2, 0) is 20.8 Å². The summed E-state index contributed by atoms with van der Waals surface area (Å²) in [6, 6.07) is 7.33. The van der Waals surface area contributed by atoms with Crippen LogP contribution in [-0.4, -0.2) is 40.4 Å². The van der Waals surface area contributed by atoms with Crippen LogP contribution in [0.3, 0.4) is 0 Å². The van der Waals surface area contributed by atoms with Gasteiger partial charge in [0.1, 0.15) is 6.04 Å². The first-order chi connectivity index (χ1) is 12.3. The molecule has 7 nitrogen and oxygen atoms in total. The molecule has 0 radical (unpaired) electrons. The van der Waals surface area contributed by atoms with Gasteiger partial charge in [-0.25, -0.2) is 5.48 Å². The van der Waals surface area contributed by atoms with E-state index in [2.05, 4.69) is 12.1 Å². The maximum Gasteiger partial charge on any atom is 0.266 e. The fourth-order valence-corrected chi connectivity index (χ4v) is 3.41. The molecule has 1 aromatic carbocycles. The highest BCUT2D eigenvalue weighted by Crippen LogP contribution is 2.37. The molecule has 1 aromatic rings. The van der Waals surface area contributed by atoms with E-state index in [0.29, 0.717) is 19.4 Å². The average molecular weight is 361 g/mol. The number of primary amides is 1. The van der Waals surface area contributed by atoms with E-state index in [1.807, 2.05) is 26.0 Å². The number of aryl methyl sites for hydroxylation is 2. The number of benzene rings is 1. The Morgan fingerprint density at radius 3 is 2.58 bits per heavy atom. The third-order valence-corrected chi connectivity index (χ3v) is 5.22. The zero-order valence-electron chi connectivity index (χ0n) is 15.3. The van der Waals surface area contributed by atoms with Crippen LogP contribution in [0.2, 0.25) is 0 Å². The molecule has 1 saturated heterocycles. The molecular formula is C19H27N3O4. The second-order valence-corrected chi connectivity index (χ2v) is 7.29. The highest BCUT2D eigenvalue weighted by Gasteiger charge is 2.46. The number of amides is 3. The van der Waals surface area contributed by atoms with Gasteiger partial charge in [0.05, 0.1) is 0 Å². The summed E-state index contributed by atoms with van der Waals surface area (Å²) in [5.74, 6) is -1.36. The molecule has 1 aliphatic rings. The van der Waals surface area contributed by atoms with Crippen LogP contribution in [0.1, 0.15) is 43.7 Å². The van der Waals surface area contributed by atoms with E-state index in [1.54, 1.807) is 5.48 Å². The number of hydrogen-bond acceptors (Lipinski definition) is 4. The minimum atomic E-state index is -0.888. The lowest BCUT2D eigenvalue weighted by molar-refractivity contribution is -0.146. The van der Waals surface area contributed by atoms with E-state index in [0.717, 1.165) is 6.42 Å². The summed E-state index contributed by atoms with van der Waals surface area (Å²) in [6.07, 6.45) is 2.15. The Morgan fingerprint density at radius 2 is 2.00 bits per heavy atom. The lowest BCUT2D eigenvalue weighted by Crippen LogP contribution is -2.48. The van der Waals surface area contributed by atoms with Crippen molar-refractivity contribution in [1.82, 2.24) is 10.4 Å². The predicted octanol–water partition coefficient (Wildman–Crippen LogP) is 1.31. The molecule has 0 aromatic heterocycles. The van der Waals surface area contributed by atoms with E-state index >= 15 is 0 Å². The molecule has 0 spiro atoms. The number of likely N-dealkylation sites (tertiary alicyclic amines) is 1. The topological polar surface area (TPSA) is 113 Å². The van der Waals surface area contributed by atoms with Gasteiger partial charge in [-0.2, -0.15) is 0 Å². The van der Waals surface area contributed by atoms with E-state index in [-0.39, 0.29) is 18.7 Å². The summed E-state index contributed by atoms with van der Waals surface area (Å²) >= 11 is 0. The smallest absolute Gasteiger partial charge is 0.266 e. The van der Waals surface area contributed by atoms with Crippen molar-refractivity contribution >= 4 is 17.7 Å². The first-order valence-electron chi connectivity index (χ1n) is 8.86. The first-order valence-corrected chi connectivity index (χ1v) is 8.86. The number of rotatable bonds is 8. The zero-order chi connectivity index (χ0) is 19.3. The molecule has 4 N–H and O–H groups in total. The van der Waals surface area contributed by atoms with Crippen molar-refractivity contribution in [2.75, 3.05) is 6.54 Å². The molecule has 2 rings (SSSR count). The van der Waals surface area contributed by atoms with Crippen molar-refractivity contribution in [3.05, 3.63) is 35.4 Å². The molecule has 1 fully saturated rings. The van der Waals surface area contributed by atoms with Crippen molar-refractivity contribution in [3.63, 3.8) is 0 Å². The summed E-state index contributed by atoms with van der Waals surface area (Å²) in [6.45, 7) is 4.35. The van der Waals surface area contributed by atoms with Gasteiger partial charge in [0, 0.05) is 18.4 Å². The van der Waals surface area contributed by atoms with Crippen LogP contribution in [0.4, 0.5) is 0 Å². The predicted molar refractivity (Wildman–Crippen MR) is 96.1 cm³/mol. The quantitative estimate of drug-likeness (QED) is 0.478. The zero-order valence-corrected chi connectivity index (χ0v) is 15.3. The molecule has 1 unspecified atom stereocenters. The monoisotopic (exact) mass is 361 g/mol. The SMILES string of the molecule is Cc1ccc(CCC2(C)CCN([C@H](CCC(N)=O)C(=O)NO)C2=O)cc1. The molecule has 0 bridgehead atoms. The van der Waals surface area contributed by atoms with E-state index in [4.69, 9.17) is 10.9 Å². The van der Waals surface area contributed by atoms with Crippen LogP contribution in [0, 0.1) is 12.3 Å². The van der Waals surface area contributed by atoms with Crippen molar-refractivity contribution in [2.24, 2.45) is 11.1 Å². The molecule has 7 heteroatoms. The van der Waals surface area contributed by atoms with Crippen molar-refractivity contribution in [3.8, 4) is 0 Å². The third kappa shape index (κ3) is 4.60. The number of carbonyl (C=O) groups is 3. The van der Waals surface area contributed by atoms with Crippen LogP contribution in [0.25, 0.3) is 0 Å². The normalized spacial score (nSPS) is 20.9. The van der Waals surface area contributed by atoms with Gasteiger partial charge in [0.2, 0.25) is 11.8 Å². The Hall–Kier alpha value is -2.41. The number of hydroxylamine groups is 1. The van der Waals surface area contributed by atoms with Gasteiger partial charge < -0.3 is 10.6 Å². The number of carbonyl (C=O) groups excluding carboxylic acids is 3. The summed E-state index contributed by atoms with van der Waals surface area (Å²) in [7, 11) is 0. The molecule has 3 amide bonds. The van der Waals surface area contributed by atoms with Crippen LogP contribution in [0.15, 0.2) is 24.3 Å². The number of nitrogens with two attached hydrogens (primary N) is 1. The minimum Gasteiger partial charge on any atom is -0.370 e. The first kappa shape index (κ1) is 19.9. The molecule has 1 heterocycles. The van der Waals surface area contributed by atoms with E-state index in [9.17, 15) is 14.4 Å². The standard InChI is InChI=1S/C19H27N3O4/c1-13-3-5-14(6-4-13)9-10-19(2)11-12-22(18(19)25)15(17(24)21-26)7-8-16(20)23/h3-6,15,26H,7-12H2,1-2H3,(H2,20,23)(H,21,24)/t15-,19?/m1/s1. The lowest BCUT2D eigenvalue weighted by atomic mass is 9.82. The molecule has 0 saturated carbocycles. The summed E-state index contributed by atoms with van der Waals surface area (Å²) in [5.41, 5.74) is 8.54. The van der Waals surface area contributed by atoms with Crippen LogP contribution in [0.5, 0.6) is 0 Å². The Balaban J connectivity index is 2.06. The number of nitrogens with one attached hydrogen (secondary N) is 1. The Bertz CT molecular complexity index is 674. The molecule has 142 valence electrons. The fraction of sp³-hybridized carbons (Fsp3) is 0.526. The van der Waals surface area contributed by atoms with Gasteiger partial charge in [-0.3, -0.25) is 19.6 Å². The largest absolute Gasteiger partial charge is 0.370 e. The maximum absolute atomic E-state index is 13.0. The number of nitrogens with zero attached hydrogens (tertiary/aromatic N) is 1. The summed E-state index contributed by atoms with van der Waals surface area (Å²) < 4.78 is 0. The van der Waals surface area contributed by atoms with Gasteiger partial charge in [0.15, 0.2) is 0 Å². The Morgan fingerprint density at radius 1 is 1.35 bits per heavy atom. The third-order valence-electron chi connectivity index (χ3n) is 5.22. The summed E-state index contributed by atoms with van der Waals surface area (Å²) in [4.78, 5) is 37.4. The van der Waals surface area contributed by atoms with Crippen molar-refractivity contribution in [1.29, 1.82) is 0 Å². The highest BCUT2D eigenvalue weighted by atomic mass is 16.5. The Kier molecular flexibility index (Phi) is 6.37. The second-order valence-electron chi connectivity index (χ2n) is 7.29. The number of hydrogen-bond donors (Lipinski definition) is 3. The molecular weight excluding hydrogens is 334 g/mol. The van der Waals surface area contributed by atoms with E-state index in [1.165, 1.54) is 16.0 Å². The van der Waals surface area contributed by atoms with Crippen LogP contribution >= 0.6 is 0 Å². The van der Waals surface area contributed by atoms with Gasteiger partial charge in [-0.15, -0.1) is 0 Å². The van der Waals surface area contributed by atoms with Gasteiger partial charge in [-0.05, 0) is 38.2 Å². The van der Waals surface area contributed by atoms with Crippen molar-refractivity contribution in [2.45, 2.75) is 52.0 Å². The molecule has 26 heavy (non-hydrogen) atoms. The average Bonchev–Trinajstić information content (AvgIpc) is 2.90. The Labute approximate surface area is 153 Å². The van der Waals surface area contributed by atoms with Crippen LogP contribution < -0.4 is 11.2 Å². The highest BCUT2D eigenvalue weighted by molar-refractivity contribution is 5.91. The molecule has 0 aliphatic carbocycles. The van der Waals surface area contributed by atoms with Gasteiger partial charge in [0.25, 0.3) is 5.91 Å². The van der Waals surface area contributed by atoms with Crippen molar-refractivity contribution < 1.29 is 19.6 Å². The fourth-order valence-electron chi connectivity index (χ4n) is 3.41. The maximum atomic E-state index is 13.0. The summed E-state index contributed by atoms with van der Waals surface area (Å²) in [5, 5.41) is 8.97. The molecule has 2 atom stereocenters. The second kappa shape index (κ2) is 8.31. The van der Waals surface area contributed by atoms with E-state index < -0.39 is 23.3 Å². The lowest BCUT2D eigenvalue weighted by Gasteiger charge is -2.28. The van der Waals surface area contributed by atoms with Gasteiger partial charge in [-0.1, -0.05) is 36.8 Å².